The van der Waals surface area contributed by atoms with Crippen LogP contribution in [-0.4, -0.2) is 34.0 Å². The molecule has 0 spiro atoms. The van der Waals surface area contributed by atoms with Gasteiger partial charge in [-0.05, 0) is 41.5 Å². The molecule has 0 saturated heterocycles. The first-order valence-electron chi connectivity index (χ1n) is 9.78. The molecule has 0 saturated carbocycles. The first-order valence-corrected chi connectivity index (χ1v) is 9.78. The lowest BCUT2D eigenvalue weighted by Gasteiger charge is -2.21. The molecular weight excluding hydrogens is 420 g/mol. The van der Waals surface area contributed by atoms with E-state index in [-0.39, 0.29) is 18.0 Å². The molecule has 0 aromatic heterocycles. The summed E-state index contributed by atoms with van der Waals surface area (Å²) in [6.07, 6.45) is 0. The summed E-state index contributed by atoms with van der Waals surface area (Å²) in [7, 11) is 0. The highest BCUT2D eigenvalue weighted by molar-refractivity contribution is 6.05. The van der Waals surface area contributed by atoms with Crippen LogP contribution in [0.15, 0.2) is 66.7 Å². The van der Waals surface area contributed by atoms with Gasteiger partial charge < -0.3 is 10.4 Å². The Labute approximate surface area is 183 Å². The quantitative estimate of drug-likeness (QED) is 0.385. The summed E-state index contributed by atoms with van der Waals surface area (Å²) in [5.74, 6) is -2.34. The molecule has 0 radical (unpaired) electrons. The van der Waals surface area contributed by atoms with Crippen LogP contribution in [0.5, 0.6) is 0 Å². The summed E-state index contributed by atoms with van der Waals surface area (Å²) in [4.78, 5) is 24.9. The zero-order chi connectivity index (χ0) is 23.1. The molecular formula is C23H21F2N3O4. The van der Waals surface area contributed by atoms with Crippen molar-refractivity contribution in [2.45, 2.75) is 13.1 Å². The molecule has 0 atom stereocenters. The molecule has 1 amide bonds. The maximum Gasteiger partial charge on any atom is 0.292 e. The smallest absolute Gasteiger partial charge is 0.292 e. The number of benzene rings is 3. The molecule has 3 rings (SSSR count). The Morgan fingerprint density at radius 1 is 0.969 bits per heavy atom. The van der Waals surface area contributed by atoms with Gasteiger partial charge >= 0.3 is 0 Å². The average Bonchev–Trinajstić information content (AvgIpc) is 2.77. The first-order chi connectivity index (χ1) is 15.4. The van der Waals surface area contributed by atoms with Crippen LogP contribution in [0.2, 0.25) is 0 Å². The number of nitrogens with zero attached hydrogens (tertiary/aromatic N) is 2. The van der Waals surface area contributed by atoms with Crippen molar-refractivity contribution in [3.63, 3.8) is 0 Å². The Morgan fingerprint density at radius 2 is 1.62 bits per heavy atom. The molecule has 0 fully saturated rings. The molecule has 0 aliphatic rings. The fourth-order valence-corrected chi connectivity index (χ4v) is 3.20. The maximum atomic E-state index is 13.5. The lowest BCUT2D eigenvalue weighted by molar-refractivity contribution is -0.383. The first kappa shape index (κ1) is 23.0. The van der Waals surface area contributed by atoms with Gasteiger partial charge in [0.15, 0.2) is 11.6 Å². The van der Waals surface area contributed by atoms with E-state index in [2.05, 4.69) is 5.32 Å². The molecule has 9 heteroatoms. The number of aliphatic hydroxyl groups excluding tert-OH is 1. The Morgan fingerprint density at radius 3 is 2.28 bits per heavy atom. The number of anilines is 1. The molecule has 2 N–H and O–H groups in total. The zero-order valence-corrected chi connectivity index (χ0v) is 17.0. The van der Waals surface area contributed by atoms with Crippen LogP contribution in [0.25, 0.3) is 0 Å². The predicted octanol–water partition coefficient (Wildman–Crippen LogP) is 4.12. The van der Waals surface area contributed by atoms with E-state index in [4.69, 9.17) is 0 Å². The molecule has 166 valence electrons. The van der Waals surface area contributed by atoms with Crippen molar-refractivity contribution in [2.24, 2.45) is 0 Å². The minimum atomic E-state index is -0.930. The number of nitro groups is 1. The van der Waals surface area contributed by atoms with Crippen LogP contribution in [-0.2, 0) is 13.1 Å². The number of para-hydroxylation sites is 2. The van der Waals surface area contributed by atoms with Gasteiger partial charge in [-0.15, -0.1) is 0 Å². The summed E-state index contributed by atoms with van der Waals surface area (Å²) in [6, 6.07) is 16.2. The number of carbonyl (C=O) groups excluding carboxylic acids is 1. The molecule has 0 heterocycles. The van der Waals surface area contributed by atoms with Crippen molar-refractivity contribution in [1.82, 2.24) is 4.90 Å². The van der Waals surface area contributed by atoms with Crippen LogP contribution in [0.4, 0.5) is 20.2 Å². The predicted molar refractivity (Wildman–Crippen MR) is 115 cm³/mol. The van der Waals surface area contributed by atoms with Gasteiger partial charge in [-0.25, -0.2) is 8.78 Å². The SMILES string of the molecule is O=C(Nc1ccccc1[N+](=O)[O-])c1ccc(CN(CCO)Cc2ccc(F)c(F)c2)cc1. The maximum absolute atomic E-state index is 13.5. The highest BCUT2D eigenvalue weighted by Crippen LogP contribution is 2.24. The minimum Gasteiger partial charge on any atom is -0.395 e. The number of nitrogens with one attached hydrogen (secondary N) is 1. The number of halogens is 2. The van der Waals surface area contributed by atoms with Crippen LogP contribution in [0.1, 0.15) is 21.5 Å². The highest BCUT2D eigenvalue weighted by Gasteiger charge is 2.16. The molecule has 7 nitrogen and oxygen atoms in total. The Kier molecular flexibility index (Phi) is 7.58. The standard InChI is InChI=1S/C23H21F2N3O4/c24-19-10-7-17(13-20(19)25)15-27(11-12-29)14-16-5-8-18(9-6-16)23(30)26-21-3-1-2-4-22(21)28(31)32/h1-10,13,29H,11-12,14-15H2,(H,26,30). The molecule has 3 aromatic carbocycles. The normalized spacial score (nSPS) is 10.9. The number of nitro benzene ring substituents is 1. The van der Waals surface area contributed by atoms with E-state index in [1.165, 1.54) is 24.3 Å². The molecule has 0 aliphatic carbocycles. The third-order valence-corrected chi connectivity index (χ3v) is 4.78. The largest absolute Gasteiger partial charge is 0.395 e. The van der Waals surface area contributed by atoms with E-state index in [1.807, 2.05) is 4.90 Å². The number of hydrogen-bond acceptors (Lipinski definition) is 5. The Bertz CT molecular complexity index is 1110. The van der Waals surface area contributed by atoms with E-state index < -0.39 is 22.5 Å². The fraction of sp³-hybridized carbons (Fsp3) is 0.174. The van der Waals surface area contributed by atoms with Gasteiger partial charge in [0.2, 0.25) is 0 Å². The number of aliphatic hydroxyl groups is 1. The van der Waals surface area contributed by atoms with E-state index in [0.29, 0.717) is 30.8 Å². The van der Waals surface area contributed by atoms with Crippen molar-refractivity contribution in [3.05, 3.63) is 105 Å². The van der Waals surface area contributed by atoms with Crippen molar-refractivity contribution in [3.8, 4) is 0 Å². The van der Waals surface area contributed by atoms with Gasteiger partial charge in [0.1, 0.15) is 5.69 Å². The molecule has 32 heavy (non-hydrogen) atoms. The second-order valence-corrected chi connectivity index (χ2v) is 7.11. The van der Waals surface area contributed by atoms with Gasteiger partial charge in [0, 0.05) is 31.3 Å². The number of carbonyl (C=O) groups is 1. The van der Waals surface area contributed by atoms with Crippen molar-refractivity contribution in [1.29, 1.82) is 0 Å². The minimum absolute atomic E-state index is 0.104. The Balaban J connectivity index is 1.67. The lowest BCUT2D eigenvalue weighted by atomic mass is 10.1. The van der Waals surface area contributed by atoms with Crippen LogP contribution in [0.3, 0.4) is 0 Å². The van der Waals surface area contributed by atoms with Crippen molar-refractivity contribution in [2.75, 3.05) is 18.5 Å². The van der Waals surface area contributed by atoms with Gasteiger partial charge in [-0.3, -0.25) is 19.8 Å². The molecule has 0 unspecified atom stereocenters. The van der Waals surface area contributed by atoms with Gasteiger partial charge in [-0.1, -0.05) is 30.3 Å². The highest BCUT2D eigenvalue weighted by atomic mass is 19.2. The third kappa shape index (κ3) is 5.93. The molecule has 0 bridgehead atoms. The van der Waals surface area contributed by atoms with E-state index in [9.17, 15) is 28.8 Å². The van der Waals surface area contributed by atoms with Crippen molar-refractivity contribution < 1.29 is 23.6 Å². The fourth-order valence-electron chi connectivity index (χ4n) is 3.20. The summed E-state index contributed by atoms with van der Waals surface area (Å²) in [6.45, 7) is 0.919. The van der Waals surface area contributed by atoms with E-state index in [1.54, 1.807) is 30.3 Å². The third-order valence-electron chi connectivity index (χ3n) is 4.78. The van der Waals surface area contributed by atoms with Crippen LogP contribution < -0.4 is 5.32 Å². The average molecular weight is 441 g/mol. The monoisotopic (exact) mass is 441 g/mol. The van der Waals surface area contributed by atoms with Gasteiger partial charge in [-0.2, -0.15) is 0 Å². The van der Waals surface area contributed by atoms with Crippen LogP contribution >= 0.6 is 0 Å². The number of rotatable bonds is 9. The van der Waals surface area contributed by atoms with Crippen molar-refractivity contribution >= 4 is 17.3 Å². The topological polar surface area (TPSA) is 95.7 Å². The summed E-state index contributed by atoms with van der Waals surface area (Å²) >= 11 is 0. The second kappa shape index (κ2) is 10.6. The van der Waals surface area contributed by atoms with Crippen LogP contribution in [0, 0.1) is 21.7 Å². The van der Waals surface area contributed by atoms with E-state index >= 15 is 0 Å². The lowest BCUT2D eigenvalue weighted by Crippen LogP contribution is -2.26. The zero-order valence-electron chi connectivity index (χ0n) is 17.0. The summed E-state index contributed by atoms with van der Waals surface area (Å²) < 4.78 is 26.6. The summed E-state index contributed by atoms with van der Waals surface area (Å²) in [5, 5.41) is 23.0. The van der Waals surface area contributed by atoms with Gasteiger partial charge in [0.25, 0.3) is 11.6 Å². The second-order valence-electron chi connectivity index (χ2n) is 7.11. The number of hydrogen-bond donors (Lipinski definition) is 2. The molecule has 0 aliphatic heterocycles. The summed E-state index contributed by atoms with van der Waals surface area (Å²) in [5.41, 5.74) is 1.63. The van der Waals surface area contributed by atoms with E-state index in [0.717, 1.165) is 17.7 Å². The number of amides is 1. The Hall–Kier alpha value is -3.69. The molecule has 3 aromatic rings. The van der Waals surface area contributed by atoms with Gasteiger partial charge in [0.05, 0.1) is 11.5 Å².